The second kappa shape index (κ2) is 9.47. The summed E-state index contributed by atoms with van der Waals surface area (Å²) in [6, 6.07) is 14.3. The van der Waals surface area contributed by atoms with E-state index in [0.717, 1.165) is 5.75 Å². The molecule has 0 amide bonds. The summed E-state index contributed by atoms with van der Waals surface area (Å²) in [6.45, 7) is 0. The van der Waals surface area contributed by atoms with Crippen LogP contribution in [0.5, 0.6) is 17.2 Å². The number of benzene rings is 2. The van der Waals surface area contributed by atoms with Crippen molar-refractivity contribution >= 4 is 17.6 Å². The van der Waals surface area contributed by atoms with Crippen molar-refractivity contribution in [2.45, 2.75) is 0 Å². The van der Waals surface area contributed by atoms with Crippen LogP contribution in [0.1, 0.15) is 0 Å². The molecule has 3 rings (SSSR count). The molecule has 7 nitrogen and oxygen atoms in total. The van der Waals surface area contributed by atoms with Crippen molar-refractivity contribution in [2.24, 2.45) is 0 Å². The predicted molar refractivity (Wildman–Crippen MR) is 111 cm³/mol. The van der Waals surface area contributed by atoms with Gasteiger partial charge >= 0.3 is 11.9 Å². The maximum absolute atomic E-state index is 12.5. The van der Waals surface area contributed by atoms with Gasteiger partial charge in [0.15, 0.2) is 0 Å². The smallest absolute Gasteiger partial charge is 0.355 e. The van der Waals surface area contributed by atoms with Gasteiger partial charge in [0, 0.05) is 11.9 Å². The molecular formula is C23H21NO6. The molecular weight excluding hydrogens is 386 g/mol. The average molecular weight is 407 g/mol. The molecule has 0 bridgehead atoms. The van der Waals surface area contributed by atoms with Gasteiger partial charge in [-0.15, -0.1) is 0 Å². The standard InChI is InChI=1S/C23H21NO6/c1-27-17-11-13-19(14-12-17)30-18-9-7-16(8-10-18)24-15-5-4-6-20(22(25)28-2)21(24)23(26)29-3/h4-15H,1-3H3. The van der Waals surface area contributed by atoms with Crippen LogP contribution < -0.4 is 14.4 Å². The summed E-state index contributed by atoms with van der Waals surface area (Å²) >= 11 is 0. The van der Waals surface area contributed by atoms with E-state index in [4.69, 9.17) is 18.9 Å². The number of carbonyl (C=O) groups excluding carboxylic acids is 2. The molecule has 0 unspecified atom stereocenters. The van der Waals surface area contributed by atoms with Gasteiger partial charge in [0.25, 0.3) is 0 Å². The van der Waals surface area contributed by atoms with Gasteiger partial charge in [0.05, 0.1) is 26.9 Å². The van der Waals surface area contributed by atoms with Crippen LogP contribution in [0, 0.1) is 0 Å². The topological polar surface area (TPSA) is 74.3 Å². The highest BCUT2D eigenvalue weighted by Crippen LogP contribution is 2.30. The zero-order valence-corrected chi connectivity index (χ0v) is 16.8. The fourth-order valence-electron chi connectivity index (χ4n) is 2.82. The van der Waals surface area contributed by atoms with E-state index in [1.807, 2.05) is 0 Å². The van der Waals surface area contributed by atoms with Gasteiger partial charge in [-0.2, -0.15) is 0 Å². The fourth-order valence-corrected chi connectivity index (χ4v) is 2.82. The van der Waals surface area contributed by atoms with Gasteiger partial charge in [-0.05, 0) is 60.7 Å². The first-order valence-electron chi connectivity index (χ1n) is 9.04. The van der Waals surface area contributed by atoms with Crippen LogP contribution in [0.15, 0.2) is 84.2 Å². The molecule has 0 aliphatic carbocycles. The number of allylic oxidation sites excluding steroid dienone is 2. The molecule has 1 aliphatic rings. The summed E-state index contributed by atoms with van der Waals surface area (Å²) in [4.78, 5) is 26.2. The zero-order chi connectivity index (χ0) is 21.5. The van der Waals surface area contributed by atoms with E-state index in [-0.39, 0.29) is 11.3 Å². The Balaban J connectivity index is 1.90. The molecule has 0 saturated heterocycles. The number of hydrogen-bond donors (Lipinski definition) is 0. The summed E-state index contributed by atoms with van der Waals surface area (Å²) in [7, 11) is 4.11. The lowest BCUT2D eigenvalue weighted by Gasteiger charge is -2.23. The first-order chi connectivity index (χ1) is 14.6. The molecule has 0 atom stereocenters. The Hall–Kier alpha value is -4.00. The SMILES string of the molecule is COC(=O)C1=C(C(=O)OC)N(c2ccc(Oc3ccc(OC)cc3)cc2)C=CC=C1. The van der Waals surface area contributed by atoms with Gasteiger partial charge in [-0.3, -0.25) is 0 Å². The molecule has 154 valence electrons. The quantitative estimate of drug-likeness (QED) is 0.671. The normalized spacial score (nSPS) is 13.0. The molecule has 0 saturated carbocycles. The Morgan fingerprint density at radius 2 is 1.30 bits per heavy atom. The molecule has 0 spiro atoms. The fraction of sp³-hybridized carbons (Fsp3) is 0.130. The van der Waals surface area contributed by atoms with Gasteiger partial charge in [0.1, 0.15) is 22.9 Å². The number of hydrogen-bond acceptors (Lipinski definition) is 7. The minimum atomic E-state index is -0.662. The molecule has 30 heavy (non-hydrogen) atoms. The van der Waals surface area contributed by atoms with Gasteiger partial charge in [-0.1, -0.05) is 6.08 Å². The number of carbonyl (C=O) groups is 2. The molecule has 2 aromatic carbocycles. The van der Waals surface area contributed by atoms with Crippen molar-refractivity contribution in [1.29, 1.82) is 0 Å². The Bertz CT molecular complexity index is 1000. The summed E-state index contributed by atoms with van der Waals surface area (Å²) < 4.78 is 20.7. The molecule has 7 heteroatoms. The van der Waals surface area contributed by atoms with Gasteiger partial charge in [0.2, 0.25) is 0 Å². The average Bonchev–Trinajstić information content (AvgIpc) is 3.02. The lowest BCUT2D eigenvalue weighted by molar-refractivity contribution is -0.139. The molecule has 1 aliphatic heterocycles. The number of esters is 2. The Morgan fingerprint density at radius 1 is 0.733 bits per heavy atom. The second-order valence-electron chi connectivity index (χ2n) is 6.09. The molecule has 0 fully saturated rings. The van der Waals surface area contributed by atoms with Crippen molar-refractivity contribution in [2.75, 3.05) is 26.2 Å². The lowest BCUT2D eigenvalue weighted by Crippen LogP contribution is -2.26. The van der Waals surface area contributed by atoms with Crippen LogP contribution in [0.3, 0.4) is 0 Å². The molecule has 1 heterocycles. The highest BCUT2D eigenvalue weighted by Gasteiger charge is 2.27. The number of rotatable bonds is 6. The molecule has 2 aromatic rings. The van der Waals surface area contributed by atoms with E-state index >= 15 is 0 Å². The van der Waals surface area contributed by atoms with Crippen molar-refractivity contribution in [1.82, 2.24) is 0 Å². The zero-order valence-electron chi connectivity index (χ0n) is 16.8. The third kappa shape index (κ3) is 4.52. The van der Waals surface area contributed by atoms with E-state index in [9.17, 15) is 9.59 Å². The highest BCUT2D eigenvalue weighted by molar-refractivity contribution is 6.05. The number of ether oxygens (including phenoxy) is 4. The number of methoxy groups -OCH3 is 3. The Labute approximate surface area is 174 Å². The Kier molecular flexibility index (Phi) is 6.54. The molecule has 0 radical (unpaired) electrons. The first-order valence-corrected chi connectivity index (χ1v) is 9.04. The van der Waals surface area contributed by atoms with Crippen LogP contribution in [-0.4, -0.2) is 33.3 Å². The van der Waals surface area contributed by atoms with Crippen LogP contribution in [0.4, 0.5) is 5.69 Å². The predicted octanol–water partition coefficient (Wildman–Crippen LogP) is 3.98. The van der Waals surface area contributed by atoms with E-state index in [1.165, 1.54) is 20.3 Å². The van der Waals surface area contributed by atoms with Crippen LogP contribution in [0.25, 0.3) is 0 Å². The van der Waals surface area contributed by atoms with E-state index in [2.05, 4.69) is 0 Å². The Morgan fingerprint density at radius 3 is 1.87 bits per heavy atom. The van der Waals surface area contributed by atoms with E-state index < -0.39 is 11.9 Å². The summed E-state index contributed by atoms with van der Waals surface area (Å²) in [5.41, 5.74) is 0.782. The third-order valence-electron chi connectivity index (χ3n) is 4.30. The van der Waals surface area contributed by atoms with E-state index in [1.54, 1.807) is 78.9 Å². The van der Waals surface area contributed by atoms with Crippen LogP contribution in [0.2, 0.25) is 0 Å². The maximum atomic E-state index is 12.5. The van der Waals surface area contributed by atoms with Gasteiger partial charge < -0.3 is 23.8 Å². The highest BCUT2D eigenvalue weighted by atomic mass is 16.5. The summed E-state index contributed by atoms with van der Waals surface area (Å²) in [6.07, 6.45) is 6.53. The van der Waals surface area contributed by atoms with Crippen molar-refractivity contribution < 1.29 is 28.5 Å². The molecule has 0 aromatic heterocycles. The largest absolute Gasteiger partial charge is 0.497 e. The third-order valence-corrected chi connectivity index (χ3v) is 4.30. The molecule has 0 N–H and O–H groups in total. The summed E-state index contributed by atoms with van der Waals surface area (Å²) in [5, 5.41) is 0. The number of anilines is 1. The lowest BCUT2D eigenvalue weighted by atomic mass is 10.1. The monoisotopic (exact) mass is 407 g/mol. The minimum Gasteiger partial charge on any atom is -0.497 e. The number of nitrogens with zero attached hydrogens (tertiary/aromatic N) is 1. The van der Waals surface area contributed by atoms with E-state index in [0.29, 0.717) is 17.2 Å². The van der Waals surface area contributed by atoms with Crippen LogP contribution in [-0.2, 0) is 19.1 Å². The van der Waals surface area contributed by atoms with Crippen LogP contribution >= 0.6 is 0 Å². The minimum absolute atomic E-state index is 0.0539. The van der Waals surface area contributed by atoms with Gasteiger partial charge in [-0.25, -0.2) is 9.59 Å². The van der Waals surface area contributed by atoms with Crippen molar-refractivity contribution in [3.8, 4) is 17.2 Å². The maximum Gasteiger partial charge on any atom is 0.355 e. The van der Waals surface area contributed by atoms with Crippen molar-refractivity contribution in [3.63, 3.8) is 0 Å². The second-order valence-corrected chi connectivity index (χ2v) is 6.09. The van der Waals surface area contributed by atoms with Crippen molar-refractivity contribution in [3.05, 3.63) is 84.2 Å². The summed E-state index contributed by atoms with van der Waals surface area (Å²) in [5.74, 6) is 0.705. The first kappa shape index (κ1) is 20.7.